The fourth-order valence-electron chi connectivity index (χ4n) is 3.44. The molecule has 1 amide bonds. The second kappa shape index (κ2) is 6.18. The second-order valence-electron chi connectivity index (χ2n) is 6.16. The van der Waals surface area contributed by atoms with Crippen molar-refractivity contribution in [1.82, 2.24) is 9.97 Å². The molecule has 7 nitrogen and oxygen atoms in total. The van der Waals surface area contributed by atoms with Gasteiger partial charge in [-0.2, -0.15) is 0 Å². The first-order valence-corrected chi connectivity index (χ1v) is 8.24. The largest absolute Gasteiger partial charge is 0.481 e. The van der Waals surface area contributed by atoms with E-state index < -0.39 is 5.97 Å². The lowest BCUT2D eigenvalue weighted by Gasteiger charge is -2.17. The Hall–Kier alpha value is -3.35. The molecule has 2 aromatic heterocycles. The summed E-state index contributed by atoms with van der Waals surface area (Å²) in [6.45, 7) is 0.519. The van der Waals surface area contributed by atoms with Gasteiger partial charge in [-0.3, -0.25) is 9.59 Å². The van der Waals surface area contributed by atoms with Crippen LogP contribution in [0.3, 0.4) is 0 Å². The second-order valence-corrected chi connectivity index (χ2v) is 6.16. The third kappa shape index (κ3) is 2.57. The van der Waals surface area contributed by atoms with Crippen molar-refractivity contribution >= 4 is 28.5 Å². The van der Waals surface area contributed by atoms with Crippen molar-refractivity contribution in [1.29, 1.82) is 0 Å². The van der Waals surface area contributed by atoms with Crippen molar-refractivity contribution < 1.29 is 19.4 Å². The van der Waals surface area contributed by atoms with Gasteiger partial charge in [0.1, 0.15) is 5.69 Å². The number of para-hydroxylation sites is 1. The molecular weight excluding hydrogens is 334 g/mol. The first-order chi connectivity index (χ1) is 12.6. The van der Waals surface area contributed by atoms with Crippen LogP contribution >= 0.6 is 0 Å². The summed E-state index contributed by atoms with van der Waals surface area (Å²) in [6.07, 6.45) is 2.11. The van der Waals surface area contributed by atoms with E-state index in [1.807, 2.05) is 30.3 Å². The maximum absolute atomic E-state index is 13.2. The van der Waals surface area contributed by atoms with Crippen LogP contribution in [0.2, 0.25) is 0 Å². The Balaban J connectivity index is 1.77. The quantitative estimate of drug-likeness (QED) is 0.752. The van der Waals surface area contributed by atoms with Crippen molar-refractivity contribution in [3.63, 3.8) is 0 Å². The number of aromatic nitrogens is 2. The molecule has 26 heavy (non-hydrogen) atoms. The van der Waals surface area contributed by atoms with Crippen LogP contribution in [0.25, 0.3) is 10.9 Å². The van der Waals surface area contributed by atoms with Crippen LogP contribution in [0, 0.1) is 0 Å². The molecule has 0 spiro atoms. The van der Waals surface area contributed by atoms with Gasteiger partial charge in [-0.15, -0.1) is 0 Å². The fraction of sp³-hybridized carbons (Fsp3) is 0.211. The highest BCUT2D eigenvalue weighted by Gasteiger charge is 2.30. The van der Waals surface area contributed by atoms with Crippen LogP contribution in [0.15, 0.2) is 36.5 Å². The molecule has 0 radical (unpaired) electrons. The van der Waals surface area contributed by atoms with Gasteiger partial charge >= 0.3 is 5.97 Å². The minimum absolute atomic E-state index is 0.216. The lowest BCUT2D eigenvalue weighted by atomic mass is 10.1. The Morgan fingerprint density at radius 3 is 2.92 bits per heavy atom. The van der Waals surface area contributed by atoms with E-state index in [4.69, 9.17) is 4.74 Å². The molecule has 0 unspecified atom stereocenters. The number of amides is 1. The predicted octanol–water partition coefficient (Wildman–Crippen LogP) is 2.40. The number of carboxylic acid groups (broad SMARTS) is 1. The number of pyridine rings is 1. The number of hydrogen-bond donors (Lipinski definition) is 2. The molecule has 0 atom stereocenters. The van der Waals surface area contributed by atoms with Gasteiger partial charge in [-0.05, 0) is 18.1 Å². The van der Waals surface area contributed by atoms with Crippen molar-refractivity contribution in [2.24, 2.45) is 0 Å². The van der Waals surface area contributed by atoms with Gasteiger partial charge in [-0.25, -0.2) is 4.98 Å². The van der Waals surface area contributed by atoms with Crippen molar-refractivity contribution in [3.8, 4) is 5.88 Å². The molecule has 0 bridgehead atoms. The van der Waals surface area contributed by atoms with E-state index in [9.17, 15) is 14.7 Å². The Kier molecular flexibility index (Phi) is 3.84. The summed E-state index contributed by atoms with van der Waals surface area (Å²) in [7, 11) is 1.55. The highest BCUT2D eigenvalue weighted by Crippen LogP contribution is 2.32. The molecule has 0 aliphatic carbocycles. The molecule has 7 heteroatoms. The zero-order chi connectivity index (χ0) is 18.3. The van der Waals surface area contributed by atoms with Crippen LogP contribution in [0.1, 0.15) is 21.6 Å². The predicted molar refractivity (Wildman–Crippen MR) is 95.8 cm³/mol. The first kappa shape index (κ1) is 16.1. The van der Waals surface area contributed by atoms with Gasteiger partial charge in [0.05, 0.1) is 25.4 Å². The summed E-state index contributed by atoms with van der Waals surface area (Å²) >= 11 is 0. The standard InChI is InChI=1S/C19H17N3O4/c1-26-16-8-11-6-7-22(15(11)10-20-16)19(25)18-13(9-17(23)24)12-4-2-3-5-14(12)21-18/h2-5,8,10,21H,6-7,9H2,1H3,(H,23,24). The normalized spacial score (nSPS) is 13.0. The number of aromatic amines is 1. The number of anilines is 1. The third-order valence-corrected chi connectivity index (χ3v) is 4.65. The van der Waals surface area contributed by atoms with E-state index in [2.05, 4.69) is 9.97 Å². The van der Waals surface area contributed by atoms with Gasteiger partial charge in [-0.1, -0.05) is 18.2 Å². The number of ether oxygens (including phenoxy) is 1. The Labute approximate surface area is 149 Å². The summed E-state index contributed by atoms with van der Waals surface area (Å²) in [5.74, 6) is -0.713. The highest BCUT2D eigenvalue weighted by molar-refractivity contribution is 6.10. The van der Waals surface area contributed by atoms with Crippen LogP contribution in [0.4, 0.5) is 5.69 Å². The number of nitrogens with one attached hydrogen (secondary N) is 1. The summed E-state index contributed by atoms with van der Waals surface area (Å²) in [5.41, 5.74) is 3.29. The van der Waals surface area contributed by atoms with E-state index in [-0.39, 0.29) is 12.3 Å². The number of methoxy groups -OCH3 is 1. The zero-order valence-electron chi connectivity index (χ0n) is 14.2. The monoisotopic (exact) mass is 351 g/mol. The molecule has 0 fully saturated rings. The lowest BCUT2D eigenvalue weighted by molar-refractivity contribution is -0.136. The van der Waals surface area contributed by atoms with Gasteiger partial charge in [0, 0.05) is 29.1 Å². The first-order valence-electron chi connectivity index (χ1n) is 8.24. The Bertz CT molecular complexity index is 1020. The molecule has 1 aliphatic heterocycles. The molecular formula is C19H17N3O4. The van der Waals surface area contributed by atoms with Crippen LogP contribution in [-0.2, 0) is 17.6 Å². The van der Waals surface area contributed by atoms with Crippen molar-refractivity contribution in [3.05, 3.63) is 53.3 Å². The van der Waals surface area contributed by atoms with Gasteiger partial charge < -0.3 is 19.7 Å². The number of rotatable bonds is 4. The van der Waals surface area contributed by atoms with Crippen LogP contribution < -0.4 is 9.64 Å². The van der Waals surface area contributed by atoms with Crippen LogP contribution in [0.5, 0.6) is 5.88 Å². The summed E-state index contributed by atoms with van der Waals surface area (Å²) in [6, 6.07) is 9.16. The Morgan fingerprint density at radius 2 is 2.15 bits per heavy atom. The lowest BCUT2D eigenvalue weighted by Crippen LogP contribution is -2.30. The SMILES string of the molecule is COc1cc2c(cn1)N(C(=O)c1[nH]c3ccccc3c1CC(=O)O)CC2. The number of fused-ring (bicyclic) bond motifs is 2. The summed E-state index contributed by atoms with van der Waals surface area (Å²) < 4.78 is 5.14. The van der Waals surface area contributed by atoms with Crippen molar-refractivity contribution in [2.75, 3.05) is 18.6 Å². The summed E-state index contributed by atoms with van der Waals surface area (Å²) in [5, 5.41) is 10.0. The number of carbonyl (C=O) groups is 2. The smallest absolute Gasteiger partial charge is 0.307 e. The topological polar surface area (TPSA) is 95.5 Å². The number of benzene rings is 1. The maximum Gasteiger partial charge on any atom is 0.307 e. The number of carbonyl (C=O) groups excluding carboxylic acids is 1. The molecule has 2 N–H and O–H groups in total. The average molecular weight is 351 g/mol. The number of carboxylic acids is 1. The number of H-pyrrole nitrogens is 1. The van der Waals surface area contributed by atoms with Crippen LogP contribution in [-0.4, -0.2) is 40.6 Å². The average Bonchev–Trinajstić information content (AvgIpc) is 3.22. The van der Waals surface area contributed by atoms with Crippen molar-refractivity contribution in [2.45, 2.75) is 12.8 Å². The Morgan fingerprint density at radius 1 is 1.35 bits per heavy atom. The number of aliphatic carboxylic acids is 1. The van der Waals surface area contributed by atoms with Gasteiger partial charge in [0.25, 0.3) is 5.91 Å². The highest BCUT2D eigenvalue weighted by atomic mass is 16.5. The van der Waals surface area contributed by atoms with E-state index in [0.717, 1.165) is 22.2 Å². The molecule has 3 heterocycles. The minimum atomic E-state index is -0.975. The summed E-state index contributed by atoms with van der Waals surface area (Å²) in [4.78, 5) is 33.4. The molecule has 0 saturated heterocycles. The minimum Gasteiger partial charge on any atom is -0.481 e. The molecule has 0 saturated carbocycles. The maximum atomic E-state index is 13.2. The molecule has 1 aromatic carbocycles. The van der Waals surface area contributed by atoms with E-state index in [1.165, 1.54) is 0 Å². The zero-order valence-corrected chi connectivity index (χ0v) is 14.2. The van der Waals surface area contributed by atoms with E-state index in [0.29, 0.717) is 30.1 Å². The third-order valence-electron chi connectivity index (χ3n) is 4.65. The number of hydrogen-bond acceptors (Lipinski definition) is 4. The molecule has 3 aromatic rings. The molecule has 4 rings (SSSR count). The number of nitrogens with zero attached hydrogens (tertiary/aromatic N) is 2. The molecule has 1 aliphatic rings. The van der Waals surface area contributed by atoms with E-state index >= 15 is 0 Å². The molecule has 132 valence electrons. The van der Waals surface area contributed by atoms with E-state index in [1.54, 1.807) is 18.2 Å². The fourth-order valence-corrected chi connectivity index (χ4v) is 3.44. The van der Waals surface area contributed by atoms with Gasteiger partial charge in [0.2, 0.25) is 5.88 Å². The van der Waals surface area contributed by atoms with Gasteiger partial charge in [0.15, 0.2) is 0 Å².